The van der Waals surface area contributed by atoms with Crippen LogP contribution in [0.3, 0.4) is 0 Å². The standard InChI is InChI=1S/C37H43N11O4/c1-37(2,52)14-17-48-30-18-23(6-10-28(30)45(4)36(48)51)40-33-22(20-38)21-39-35(42-33)44(3)24-12-15-47(16-13-24)25-7-8-26-29(19-25)46(5)43-32(26)27-9-11-31(49)41-34(27)50/h6-8,10,18-19,21,24,27,52H,9,11-17H2,1-5H3,(H,39,40,42)(H,41,49,50). The number of benzene rings is 2. The fraction of sp³-hybridized carbons (Fsp3) is 0.432. The summed E-state index contributed by atoms with van der Waals surface area (Å²) in [5, 5.41) is 31.5. The Bertz CT molecular complexity index is 2300. The lowest BCUT2D eigenvalue weighted by atomic mass is 9.92. The van der Waals surface area contributed by atoms with E-state index in [0.29, 0.717) is 54.5 Å². The van der Waals surface area contributed by atoms with Crippen LogP contribution in [-0.4, -0.2) is 77.6 Å². The van der Waals surface area contributed by atoms with Crippen LogP contribution in [0.15, 0.2) is 47.4 Å². The Morgan fingerprint density at radius 2 is 1.83 bits per heavy atom. The maximum absolute atomic E-state index is 13.0. The van der Waals surface area contributed by atoms with Crippen LogP contribution in [0.5, 0.6) is 0 Å². The Morgan fingerprint density at radius 3 is 2.54 bits per heavy atom. The van der Waals surface area contributed by atoms with Gasteiger partial charge in [0, 0.05) is 70.0 Å². The van der Waals surface area contributed by atoms with E-state index in [4.69, 9.17) is 4.98 Å². The van der Waals surface area contributed by atoms with Crippen molar-refractivity contribution in [2.24, 2.45) is 14.1 Å². The minimum Gasteiger partial charge on any atom is -0.390 e. The monoisotopic (exact) mass is 705 g/mol. The summed E-state index contributed by atoms with van der Waals surface area (Å²) in [5.41, 5.74) is 4.08. The van der Waals surface area contributed by atoms with E-state index in [0.717, 1.165) is 53.6 Å². The van der Waals surface area contributed by atoms with Crippen LogP contribution in [-0.2, 0) is 30.2 Å². The number of rotatable bonds is 9. The number of fused-ring (bicyclic) bond motifs is 2. The minimum absolute atomic E-state index is 0.164. The predicted octanol–water partition coefficient (Wildman–Crippen LogP) is 3.42. The first kappa shape index (κ1) is 34.7. The number of aliphatic hydroxyl groups is 1. The molecule has 2 aliphatic rings. The summed E-state index contributed by atoms with van der Waals surface area (Å²) in [6.45, 7) is 5.42. The summed E-state index contributed by atoms with van der Waals surface area (Å²) in [6, 6.07) is 14.1. The highest BCUT2D eigenvalue weighted by Gasteiger charge is 2.32. The Kier molecular flexibility index (Phi) is 8.95. The van der Waals surface area contributed by atoms with Gasteiger partial charge in [0.1, 0.15) is 11.6 Å². The smallest absolute Gasteiger partial charge is 0.328 e. The van der Waals surface area contributed by atoms with E-state index < -0.39 is 11.5 Å². The summed E-state index contributed by atoms with van der Waals surface area (Å²) < 4.78 is 5.05. The van der Waals surface area contributed by atoms with Gasteiger partial charge in [0.25, 0.3) is 0 Å². The molecule has 5 aromatic rings. The number of anilines is 4. The number of carbonyl (C=O) groups excluding carboxylic acids is 2. The summed E-state index contributed by atoms with van der Waals surface area (Å²) in [4.78, 5) is 51.0. The summed E-state index contributed by atoms with van der Waals surface area (Å²) in [6.07, 6.45) is 4.43. The zero-order chi connectivity index (χ0) is 36.9. The first-order chi connectivity index (χ1) is 24.8. The summed E-state index contributed by atoms with van der Waals surface area (Å²) >= 11 is 0. The molecular formula is C37H43N11O4. The number of imidazole rings is 1. The zero-order valence-corrected chi connectivity index (χ0v) is 30.0. The molecule has 0 saturated carbocycles. The van der Waals surface area contributed by atoms with Crippen LogP contribution in [0.1, 0.15) is 63.1 Å². The first-order valence-corrected chi connectivity index (χ1v) is 17.5. The summed E-state index contributed by atoms with van der Waals surface area (Å²) in [5.74, 6) is -0.102. The lowest BCUT2D eigenvalue weighted by Gasteiger charge is -2.38. The lowest BCUT2D eigenvalue weighted by molar-refractivity contribution is -0.134. The first-order valence-electron chi connectivity index (χ1n) is 17.5. The molecule has 52 heavy (non-hydrogen) atoms. The van der Waals surface area contributed by atoms with Crippen molar-refractivity contribution in [3.8, 4) is 6.07 Å². The molecule has 5 heterocycles. The number of nitrogens with zero attached hydrogens (tertiary/aromatic N) is 9. The molecule has 2 amide bonds. The quantitative estimate of drug-likeness (QED) is 0.191. The van der Waals surface area contributed by atoms with Crippen LogP contribution in [0.4, 0.5) is 23.1 Å². The van der Waals surface area contributed by atoms with Crippen LogP contribution in [0.25, 0.3) is 21.9 Å². The number of aryl methyl sites for hydroxylation is 3. The van der Waals surface area contributed by atoms with E-state index >= 15 is 0 Å². The van der Waals surface area contributed by atoms with Crippen molar-refractivity contribution in [2.45, 2.75) is 70.1 Å². The second-order valence-electron chi connectivity index (χ2n) is 14.5. The van der Waals surface area contributed by atoms with Gasteiger partial charge in [-0.15, -0.1) is 0 Å². The van der Waals surface area contributed by atoms with Gasteiger partial charge >= 0.3 is 5.69 Å². The molecule has 1 unspecified atom stereocenters. The van der Waals surface area contributed by atoms with Gasteiger partial charge in [-0.3, -0.25) is 28.7 Å². The van der Waals surface area contributed by atoms with E-state index in [1.165, 1.54) is 6.20 Å². The van der Waals surface area contributed by atoms with E-state index in [1.54, 1.807) is 34.7 Å². The zero-order valence-electron chi connectivity index (χ0n) is 30.0. The van der Waals surface area contributed by atoms with Gasteiger partial charge in [-0.25, -0.2) is 9.78 Å². The van der Waals surface area contributed by atoms with E-state index in [9.17, 15) is 24.8 Å². The predicted molar refractivity (Wildman–Crippen MR) is 198 cm³/mol. The van der Waals surface area contributed by atoms with E-state index in [1.807, 2.05) is 38.4 Å². The largest absolute Gasteiger partial charge is 0.390 e. The van der Waals surface area contributed by atoms with E-state index in [-0.39, 0.29) is 23.5 Å². The number of hydrogen-bond donors (Lipinski definition) is 3. The van der Waals surface area contributed by atoms with Crippen molar-refractivity contribution in [3.05, 3.63) is 64.3 Å². The minimum atomic E-state index is -0.918. The Morgan fingerprint density at radius 1 is 1.06 bits per heavy atom. The molecule has 7 rings (SSSR count). The lowest BCUT2D eigenvalue weighted by Crippen LogP contribution is -2.44. The molecule has 2 aromatic carbocycles. The van der Waals surface area contributed by atoms with Crippen molar-refractivity contribution < 1.29 is 14.7 Å². The van der Waals surface area contributed by atoms with Crippen LogP contribution in [0.2, 0.25) is 0 Å². The molecule has 0 spiro atoms. The van der Waals surface area contributed by atoms with Crippen molar-refractivity contribution in [3.63, 3.8) is 0 Å². The van der Waals surface area contributed by atoms with Crippen molar-refractivity contribution in [2.75, 3.05) is 35.3 Å². The van der Waals surface area contributed by atoms with Gasteiger partial charge in [0.15, 0.2) is 5.82 Å². The maximum atomic E-state index is 13.0. The Hall–Kier alpha value is -5.75. The normalized spacial score (nSPS) is 17.1. The van der Waals surface area contributed by atoms with Gasteiger partial charge in [-0.05, 0) is 75.9 Å². The van der Waals surface area contributed by atoms with E-state index in [2.05, 4.69) is 48.7 Å². The molecule has 3 N–H and O–H groups in total. The molecule has 2 aliphatic heterocycles. The number of piperidine rings is 2. The second-order valence-corrected chi connectivity index (χ2v) is 14.5. The number of amides is 2. The van der Waals surface area contributed by atoms with Gasteiger partial charge in [-0.1, -0.05) is 0 Å². The second kappa shape index (κ2) is 13.4. The molecule has 15 nitrogen and oxygen atoms in total. The number of nitrogens with one attached hydrogen (secondary N) is 2. The van der Waals surface area contributed by atoms with Crippen LogP contribution < -0.4 is 26.1 Å². The molecular weight excluding hydrogens is 662 g/mol. The molecule has 0 aliphatic carbocycles. The third kappa shape index (κ3) is 6.57. The topological polar surface area (TPSA) is 179 Å². The Balaban J connectivity index is 1.05. The fourth-order valence-electron chi connectivity index (χ4n) is 7.30. The SMILES string of the molecule is CN(c1ncc(C#N)c(Nc2ccc3c(c2)n(CCC(C)(C)O)c(=O)n3C)n1)C1CCN(c2ccc3c(C4CCC(=O)NC4=O)nn(C)c3c2)CC1. The van der Waals surface area contributed by atoms with Crippen molar-refractivity contribution >= 4 is 56.9 Å². The average molecular weight is 706 g/mol. The maximum Gasteiger partial charge on any atom is 0.328 e. The fourth-order valence-corrected chi connectivity index (χ4v) is 7.30. The molecule has 0 radical (unpaired) electrons. The Labute approximate surface area is 300 Å². The van der Waals surface area contributed by atoms with Crippen molar-refractivity contribution in [1.29, 1.82) is 5.26 Å². The number of carbonyl (C=O) groups is 2. The number of hydrogen-bond acceptors (Lipinski definition) is 11. The molecule has 1 atom stereocenters. The van der Waals surface area contributed by atoms with Gasteiger partial charge in [0.2, 0.25) is 17.8 Å². The number of nitriles is 1. The van der Waals surface area contributed by atoms with Crippen LogP contribution in [0, 0.1) is 11.3 Å². The molecule has 0 bridgehead atoms. The number of imide groups is 1. The highest BCUT2D eigenvalue weighted by Crippen LogP contribution is 2.34. The highest BCUT2D eigenvalue weighted by atomic mass is 16.3. The molecule has 3 aromatic heterocycles. The summed E-state index contributed by atoms with van der Waals surface area (Å²) in [7, 11) is 5.58. The van der Waals surface area contributed by atoms with Crippen LogP contribution >= 0.6 is 0 Å². The molecule has 2 saturated heterocycles. The van der Waals surface area contributed by atoms with Gasteiger partial charge < -0.3 is 20.2 Å². The molecule has 2 fully saturated rings. The molecule has 15 heteroatoms. The number of aromatic nitrogens is 6. The van der Waals surface area contributed by atoms with Gasteiger partial charge in [0.05, 0.1) is 40.0 Å². The highest BCUT2D eigenvalue weighted by molar-refractivity contribution is 6.02. The molecule has 270 valence electrons. The third-order valence-electron chi connectivity index (χ3n) is 10.4. The average Bonchev–Trinajstić information content (AvgIpc) is 3.57. The third-order valence-corrected chi connectivity index (χ3v) is 10.4. The van der Waals surface area contributed by atoms with Crippen molar-refractivity contribution in [1.82, 2.24) is 34.2 Å². The van der Waals surface area contributed by atoms with Gasteiger partial charge in [-0.2, -0.15) is 15.3 Å².